The van der Waals surface area contributed by atoms with Gasteiger partial charge in [0.1, 0.15) is 11.6 Å². The number of nitrogen functional groups attached to an aromatic ring is 1. The van der Waals surface area contributed by atoms with Crippen LogP contribution in [0.4, 0.5) is 14.5 Å². The highest BCUT2D eigenvalue weighted by molar-refractivity contribution is 9.10. The van der Waals surface area contributed by atoms with Crippen molar-refractivity contribution in [1.82, 2.24) is 0 Å². The molecule has 0 aliphatic heterocycles. The molecule has 2 rings (SSSR count). The van der Waals surface area contributed by atoms with Crippen molar-refractivity contribution in [2.24, 2.45) is 0 Å². The summed E-state index contributed by atoms with van der Waals surface area (Å²) >= 11 is 8.84. The van der Waals surface area contributed by atoms with E-state index in [-0.39, 0.29) is 21.8 Å². The minimum Gasteiger partial charge on any atom is -0.399 e. The summed E-state index contributed by atoms with van der Waals surface area (Å²) in [4.78, 5) is 12.1. The molecule has 0 unspecified atom stereocenters. The van der Waals surface area contributed by atoms with Gasteiger partial charge >= 0.3 is 0 Å². The molecule has 0 amide bonds. The normalized spacial score (nSPS) is 10.5. The van der Waals surface area contributed by atoms with E-state index in [4.69, 9.17) is 17.3 Å². The molecular weight excluding hydrogens is 340 g/mol. The van der Waals surface area contributed by atoms with Crippen LogP contribution in [0.5, 0.6) is 0 Å². The predicted molar refractivity (Wildman–Crippen MR) is 73.4 cm³/mol. The first-order valence-electron chi connectivity index (χ1n) is 5.14. The van der Waals surface area contributed by atoms with Crippen molar-refractivity contribution in [3.63, 3.8) is 0 Å². The van der Waals surface area contributed by atoms with Gasteiger partial charge in [-0.15, -0.1) is 0 Å². The molecule has 0 spiro atoms. The number of nitrogens with two attached hydrogens (primary N) is 1. The van der Waals surface area contributed by atoms with E-state index >= 15 is 0 Å². The largest absolute Gasteiger partial charge is 0.399 e. The van der Waals surface area contributed by atoms with Gasteiger partial charge in [-0.25, -0.2) is 8.78 Å². The molecule has 2 aromatic rings. The maximum atomic E-state index is 13.7. The Bertz CT molecular complexity index is 676. The molecule has 0 fully saturated rings. The Kier molecular flexibility index (Phi) is 3.87. The number of carbonyl (C=O) groups is 1. The second-order valence-electron chi connectivity index (χ2n) is 3.81. The maximum Gasteiger partial charge on any atom is 0.199 e. The van der Waals surface area contributed by atoms with Crippen LogP contribution in [0.1, 0.15) is 15.9 Å². The Morgan fingerprint density at radius 3 is 2.42 bits per heavy atom. The summed E-state index contributed by atoms with van der Waals surface area (Å²) in [6.07, 6.45) is 0. The molecule has 2 nitrogen and oxygen atoms in total. The average molecular weight is 347 g/mol. The Morgan fingerprint density at radius 2 is 1.74 bits per heavy atom. The summed E-state index contributed by atoms with van der Waals surface area (Å²) in [6, 6.07) is 5.73. The molecule has 0 aliphatic rings. The molecule has 2 aromatic carbocycles. The number of hydrogen-bond donors (Lipinski definition) is 1. The van der Waals surface area contributed by atoms with Crippen LogP contribution in [0.15, 0.2) is 34.8 Å². The third-order valence-electron chi connectivity index (χ3n) is 2.49. The highest BCUT2D eigenvalue weighted by Crippen LogP contribution is 2.27. The first kappa shape index (κ1) is 14.0. The van der Waals surface area contributed by atoms with Crippen LogP contribution >= 0.6 is 27.5 Å². The van der Waals surface area contributed by atoms with Crippen molar-refractivity contribution < 1.29 is 13.6 Å². The van der Waals surface area contributed by atoms with E-state index in [0.717, 1.165) is 24.3 Å². The molecule has 98 valence electrons. The minimum atomic E-state index is -0.809. The fourth-order valence-corrected chi connectivity index (χ4v) is 2.04. The molecule has 2 N–H and O–H groups in total. The van der Waals surface area contributed by atoms with Gasteiger partial charge in [0.25, 0.3) is 0 Å². The third kappa shape index (κ3) is 2.77. The summed E-state index contributed by atoms with van der Waals surface area (Å²) in [5, 5.41) is 0.161. The molecule has 0 saturated heterocycles. The third-order valence-corrected chi connectivity index (χ3v) is 3.69. The lowest BCUT2D eigenvalue weighted by atomic mass is 10.0. The van der Waals surface area contributed by atoms with Crippen LogP contribution in [-0.2, 0) is 0 Å². The second-order valence-corrected chi connectivity index (χ2v) is 5.08. The van der Waals surface area contributed by atoms with Crippen molar-refractivity contribution in [1.29, 1.82) is 0 Å². The van der Waals surface area contributed by atoms with Crippen LogP contribution in [-0.4, -0.2) is 5.78 Å². The molecule has 0 bridgehead atoms. The molecule has 0 aromatic heterocycles. The van der Waals surface area contributed by atoms with Gasteiger partial charge < -0.3 is 5.73 Å². The minimum absolute atomic E-state index is 0.161. The second kappa shape index (κ2) is 5.27. The Labute approximate surface area is 121 Å². The summed E-state index contributed by atoms with van der Waals surface area (Å²) in [6.45, 7) is 0. The van der Waals surface area contributed by atoms with E-state index in [1.54, 1.807) is 0 Å². The van der Waals surface area contributed by atoms with Crippen LogP contribution < -0.4 is 5.73 Å². The van der Waals surface area contributed by atoms with E-state index < -0.39 is 17.4 Å². The van der Waals surface area contributed by atoms with Crippen molar-refractivity contribution in [2.75, 3.05) is 5.73 Å². The summed E-state index contributed by atoms with van der Waals surface area (Å²) < 4.78 is 27.6. The number of carbonyl (C=O) groups excluding carboxylic acids is 1. The SMILES string of the molecule is Nc1ccc(F)c(C(=O)c2cc(Cl)c(Br)cc2F)c1. The van der Waals surface area contributed by atoms with Gasteiger partial charge in [0.05, 0.1) is 16.1 Å². The van der Waals surface area contributed by atoms with E-state index in [1.807, 2.05) is 0 Å². The van der Waals surface area contributed by atoms with Gasteiger partial charge in [-0.1, -0.05) is 11.6 Å². The molecule has 6 heteroatoms. The number of hydrogen-bond acceptors (Lipinski definition) is 2. The Morgan fingerprint density at radius 1 is 1.11 bits per heavy atom. The lowest BCUT2D eigenvalue weighted by molar-refractivity contribution is 0.103. The summed E-state index contributed by atoms with van der Waals surface area (Å²) in [7, 11) is 0. The standard InChI is InChI=1S/C13H7BrClF2NO/c14-9-5-12(17)8(4-10(9)15)13(19)7-3-6(18)1-2-11(7)16/h1-5H,18H2. The van der Waals surface area contributed by atoms with Crippen molar-refractivity contribution in [3.8, 4) is 0 Å². The van der Waals surface area contributed by atoms with E-state index in [1.165, 1.54) is 6.07 Å². The van der Waals surface area contributed by atoms with Crippen molar-refractivity contribution in [3.05, 3.63) is 62.6 Å². The molecular formula is C13H7BrClF2NO. The molecule has 0 aliphatic carbocycles. The molecule has 0 saturated carbocycles. The maximum absolute atomic E-state index is 13.7. The zero-order valence-corrected chi connectivity index (χ0v) is 11.7. The van der Waals surface area contributed by atoms with Gasteiger partial charge in [0.15, 0.2) is 5.78 Å². The van der Waals surface area contributed by atoms with Gasteiger partial charge in [-0.3, -0.25) is 4.79 Å². The van der Waals surface area contributed by atoms with Crippen LogP contribution in [0.25, 0.3) is 0 Å². The average Bonchev–Trinajstić information content (AvgIpc) is 2.36. The quantitative estimate of drug-likeness (QED) is 0.503. The number of rotatable bonds is 2. The number of anilines is 1. The van der Waals surface area contributed by atoms with Gasteiger partial charge in [-0.2, -0.15) is 0 Å². The number of halogens is 4. The van der Waals surface area contributed by atoms with Crippen LogP contribution in [0.2, 0.25) is 5.02 Å². The van der Waals surface area contributed by atoms with Gasteiger partial charge in [0.2, 0.25) is 0 Å². The predicted octanol–water partition coefficient (Wildman–Crippen LogP) is 4.19. The molecule has 0 atom stereocenters. The zero-order chi connectivity index (χ0) is 14.2. The van der Waals surface area contributed by atoms with Crippen LogP contribution in [0, 0.1) is 11.6 Å². The van der Waals surface area contributed by atoms with Crippen molar-refractivity contribution >= 4 is 39.0 Å². The molecule has 0 heterocycles. The van der Waals surface area contributed by atoms with E-state index in [9.17, 15) is 13.6 Å². The summed E-state index contributed by atoms with van der Waals surface area (Å²) in [5.74, 6) is -2.36. The van der Waals surface area contributed by atoms with Gasteiger partial charge in [0, 0.05) is 10.2 Å². The Balaban J connectivity index is 2.56. The molecule has 19 heavy (non-hydrogen) atoms. The number of ketones is 1. The van der Waals surface area contributed by atoms with Crippen molar-refractivity contribution in [2.45, 2.75) is 0 Å². The lowest BCUT2D eigenvalue weighted by Gasteiger charge is -2.06. The van der Waals surface area contributed by atoms with E-state index in [2.05, 4.69) is 15.9 Å². The van der Waals surface area contributed by atoms with Crippen LogP contribution in [0.3, 0.4) is 0 Å². The first-order chi connectivity index (χ1) is 8.90. The topological polar surface area (TPSA) is 43.1 Å². The first-order valence-corrected chi connectivity index (χ1v) is 6.31. The monoisotopic (exact) mass is 345 g/mol. The highest BCUT2D eigenvalue weighted by atomic mass is 79.9. The highest BCUT2D eigenvalue weighted by Gasteiger charge is 2.19. The molecule has 0 radical (unpaired) electrons. The van der Waals surface area contributed by atoms with Gasteiger partial charge in [-0.05, 0) is 46.3 Å². The summed E-state index contributed by atoms with van der Waals surface area (Å²) in [5.41, 5.74) is 5.10. The van der Waals surface area contributed by atoms with E-state index in [0.29, 0.717) is 4.47 Å². The lowest BCUT2D eigenvalue weighted by Crippen LogP contribution is -2.08. The fourth-order valence-electron chi connectivity index (χ4n) is 1.56. The zero-order valence-electron chi connectivity index (χ0n) is 9.38. The fraction of sp³-hybridized carbons (Fsp3) is 0. The number of benzene rings is 2. The smallest absolute Gasteiger partial charge is 0.199 e. The Hall–Kier alpha value is -1.46.